The summed E-state index contributed by atoms with van der Waals surface area (Å²) in [5.74, 6) is 0. The first-order chi connectivity index (χ1) is 8.17. The van der Waals surface area contributed by atoms with Crippen LogP contribution >= 0.6 is 11.8 Å². The molecule has 17 heavy (non-hydrogen) atoms. The number of nitrogens with one attached hydrogen (secondary N) is 1. The van der Waals surface area contributed by atoms with E-state index in [-0.39, 0.29) is 17.6 Å². The molecule has 98 valence electrons. The topological polar surface area (TPSA) is 74.1 Å². The molecule has 2 fully saturated rings. The van der Waals surface area contributed by atoms with Crippen LogP contribution in [0.3, 0.4) is 0 Å². The molecule has 0 spiro atoms. The second-order valence-electron chi connectivity index (χ2n) is 4.41. The molecule has 5 atom stereocenters. The SMILES string of the molecule is CCCN=C1N[C@@H]2[C@@H](O)[C@H](O)[C@@H](CC)O[C@@H]2S1. The molecule has 0 bridgehead atoms. The van der Waals surface area contributed by atoms with Crippen LogP contribution in [0.5, 0.6) is 0 Å². The number of nitrogens with zero attached hydrogens (tertiary/aromatic N) is 1. The van der Waals surface area contributed by atoms with E-state index in [0.29, 0.717) is 6.42 Å². The van der Waals surface area contributed by atoms with Crippen LogP contribution in [0.2, 0.25) is 0 Å². The van der Waals surface area contributed by atoms with E-state index in [2.05, 4.69) is 17.2 Å². The molecule has 2 saturated heterocycles. The fourth-order valence-corrected chi connectivity index (χ4v) is 3.27. The first kappa shape index (κ1) is 13.1. The first-order valence-corrected chi connectivity index (χ1v) is 7.04. The molecule has 0 aromatic rings. The van der Waals surface area contributed by atoms with Crippen LogP contribution in [0.1, 0.15) is 26.7 Å². The number of amidine groups is 1. The Hall–Kier alpha value is -0.300. The summed E-state index contributed by atoms with van der Waals surface area (Å²) in [4.78, 5) is 4.37. The lowest BCUT2D eigenvalue weighted by atomic mass is 9.97. The van der Waals surface area contributed by atoms with E-state index in [1.165, 1.54) is 11.8 Å². The Bertz CT molecular complexity index is 300. The number of ether oxygens (including phenoxy) is 1. The number of hydrogen-bond donors (Lipinski definition) is 3. The minimum atomic E-state index is -0.820. The second-order valence-corrected chi connectivity index (χ2v) is 5.49. The molecular formula is C11H20N2O3S. The van der Waals surface area contributed by atoms with Gasteiger partial charge in [-0.25, -0.2) is 0 Å². The van der Waals surface area contributed by atoms with Gasteiger partial charge in [-0.1, -0.05) is 25.6 Å². The van der Waals surface area contributed by atoms with Crippen LogP contribution in [-0.2, 0) is 4.74 Å². The van der Waals surface area contributed by atoms with Crippen molar-refractivity contribution in [1.29, 1.82) is 0 Å². The monoisotopic (exact) mass is 260 g/mol. The summed E-state index contributed by atoms with van der Waals surface area (Å²) in [5, 5.41) is 23.9. The normalized spacial score (nSPS) is 43.5. The van der Waals surface area contributed by atoms with Gasteiger partial charge in [0.05, 0.1) is 12.1 Å². The number of aliphatic hydroxyl groups excluding tert-OH is 2. The third kappa shape index (κ3) is 2.59. The van der Waals surface area contributed by atoms with Gasteiger partial charge in [0, 0.05) is 6.54 Å². The van der Waals surface area contributed by atoms with E-state index >= 15 is 0 Å². The van der Waals surface area contributed by atoms with Crippen molar-refractivity contribution in [2.75, 3.05) is 6.54 Å². The van der Waals surface area contributed by atoms with Gasteiger partial charge < -0.3 is 20.3 Å². The summed E-state index contributed by atoms with van der Waals surface area (Å²) in [6, 6.07) is -0.256. The molecule has 2 aliphatic rings. The van der Waals surface area contributed by atoms with Gasteiger partial charge in [0.1, 0.15) is 17.6 Å². The van der Waals surface area contributed by atoms with Gasteiger partial charge in [0.15, 0.2) is 5.17 Å². The van der Waals surface area contributed by atoms with Crippen molar-refractivity contribution in [3.8, 4) is 0 Å². The quantitative estimate of drug-likeness (QED) is 0.681. The van der Waals surface area contributed by atoms with Crippen LogP contribution in [0, 0.1) is 0 Å². The zero-order valence-corrected chi connectivity index (χ0v) is 11.0. The Morgan fingerprint density at radius 2 is 2.12 bits per heavy atom. The van der Waals surface area contributed by atoms with Crippen LogP contribution in [-0.4, -0.2) is 51.7 Å². The molecule has 2 heterocycles. The number of fused-ring (bicyclic) bond motifs is 1. The Morgan fingerprint density at radius 3 is 2.76 bits per heavy atom. The third-order valence-corrected chi connectivity index (χ3v) is 4.21. The van der Waals surface area contributed by atoms with Gasteiger partial charge in [-0.05, 0) is 12.8 Å². The molecule has 0 saturated carbocycles. The Morgan fingerprint density at radius 1 is 1.35 bits per heavy atom. The Labute approximate surface area is 106 Å². The highest BCUT2D eigenvalue weighted by atomic mass is 32.2. The molecule has 2 rings (SSSR count). The van der Waals surface area contributed by atoms with Crippen molar-refractivity contribution < 1.29 is 14.9 Å². The average molecular weight is 260 g/mol. The van der Waals surface area contributed by atoms with E-state index in [0.717, 1.165) is 18.1 Å². The van der Waals surface area contributed by atoms with E-state index in [4.69, 9.17) is 4.74 Å². The van der Waals surface area contributed by atoms with Crippen molar-refractivity contribution >= 4 is 16.9 Å². The molecule has 0 aliphatic carbocycles. The third-order valence-electron chi connectivity index (χ3n) is 3.10. The van der Waals surface area contributed by atoms with Gasteiger partial charge in [0.2, 0.25) is 0 Å². The van der Waals surface area contributed by atoms with Gasteiger partial charge >= 0.3 is 0 Å². The summed E-state index contributed by atoms with van der Waals surface area (Å²) >= 11 is 1.50. The summed E-state index contributed by atoms with van der Waals surface area (Å²) < 4.78 is 5.76. The zero-order chi connectivity index (χ0) is 12.4. The largest absolute Gasteiger partial charge is 0.388 e. The minimum absolute atomic E-state index is 0.144. The molecule has 0 radical (unpaired) electrons. The van der Waals surface area contributed by atoms with E-state index < -0.39 is 12.2 Å². The molecule has 6 heteroatoms. The van der Waals surface area contributed by atoms with E-state index in [1.54, 1.807) is 0 Å². The van der Waals surface area contributed by atoms with Crippen LogP contribution < -0.4 is 5.32 Å². The standard InChI is InChI=1S/C11H20N2O3S/c1-3-5-12-11-13-7-9(15)8(14)6(4-2)16-10(7)17-11/h6-10,14-15H,3-5H2,1-2H3,(H,12,13)/t6-,7-,8-,9-,10-/m1/s1. The van der Waals surface area contributed by atoms with Crippen LogP contribution in [0.4, 0.5) is 0 Å². The predicted molar refractivity (Wildman–Crippen MR) is 68.1 cm³/mol. The van der Waals surface area contributed by atoms with Crippen LogP contribution in [0.25, 0.3) is 0 Å². The van der Waals surface area contributed by atoms with Crippen molar-refractivity contribution in [2.45, 2.75) is 56.5 Å². The number of thioether (sulfide) groups is 1. The lowest BCUT2D eigenvalue weighted by Gasteiger charge is -2.38. The van der Waals surface area contributed by atoms with E-state index in [9.17, 15) is 10.2 Å². The predicted octanol–water partition coefficient (Wildman–Crippen LogP) is 0.314. The van der Waals surface area contributed by atoms with Gasteiger partial charge in [-0.2, -0.15) is 0 Å². The smallest absolute Gasteiger partial charge is 0.159 e. The second kappa shape index (κ2) is 5.56. The number of aliphatic hydroxyl groups is 2. The fraction of sp³-hybridized carbons (Fsp3) is 0.909. The van der Waals surface area contributed by atoms with Crippen molar-refractivity contribution in [3.63, 3.8) is 0 Å². The summed E-state index contributed by atoms with van der Waals surface area (Å²) in [6.07, 6.45) is -0.208. The fourth-order valence-electron chi connectivity index (χ4n) is 2.11. The first-order valence-electron chi connectivity index (χ1n) is 6.16. The maximum atomic E-state index is 10.0. The Balaban J connectivity index is 2.04. The molecule has 0 aromatic heterocycles. The summed E-state index contributed by atoms with van der Waals surface area (Å²) in [5.41, 5.74) is -0.144. The Kier molecular flexibility index (Phi) is 4.30. The van der Waals surface area contributed by atoms with Crippen LogP contribution in [0.15, 0.2) is 4.99 Å². The molecular weight excluding hydrogens is 240 g/mol. The highest BCUT2D eigenvalue weighted by Crippen LogP contribution is 2.34. The maximum Gasteiger partial charge on any atom is 0.159 e. The van der Waals surface area contributed by atoms with Crippen molar-refractivity contribution in [3.05, 3.63) is 0 Å². The molecule has 3 N–H and O–H groups in total. The maximum absolute atomic E-state index is 10.0. The molecule has 0 amide bonds. The molecule has 2 aliphatic heterocycles. The van der Waals surface area contributed by atoms with Gasteiger partial charge in [-0.15, -0.1) is 0 Å². The summed E-state index contributed by atoms with van der Waals surface area (Å²) in [6.45, 7) is 4.78. The molecule has 5 nitrogen and oxygen atoms in total. The average Bonchev–Trinajstić information content (AvgIpc) is 2.74. The van der Waals surface area contributed by atoms with Gasteiger partial charge in [-0.3, -0.25) is 4.99 Å². The molecule has 0 aromatic carbocycles. The van der Waals surface area contributed by atoms with Crippen molar-refractivity contribution in [1.82, 2.24) is 5.32 Å². The number of hydrogen-bond acceptors (Lipinski definition) is 5. The minimum Gasteiger partial charge on any atom is -0.388 e. The molecule has 0 unspecified atom stereocenters. The highest BCUT2D eigenvalue weighted by molar-refractivity contribution is 8.14. The lowest BCUT2D eigenvalue weighted by molar-refractivity contribution is -0.156. The van der Waals surface area contributed by atoms with Crippen molar-refractivity contribution in [2.24, 2.45) is 4.99 Å². The van der Waals surface area contributed by atoms with Gasteiger partial charge in [0.25, 0.3) is 0 Å². The summed E-state index contributed by atoms with van der Waals surface area (Å²) in [7, 11) is 0. The lowest BCUT2D eigenvalue weighted by Crippen LogP contribution is -2.58. The number of aliphatic imine (C=N–C) groups is 1. The zero-order valence-electron chi connectivity index (χ0n) is 10.2. The highest BCUT2D eigenvalue weighted by Gasteiger charge is 2.48. The van der Waals surface area contributed by atoms with E-state index in [1.807, 2.05) is 6.92 Å². The number of rotatable bonds is 3.